The molecule has 0 saturated heterocycles. The van der Waals surface area contributed by atoms with Crippen LogP contribution in [0, 0.1) is 17.0 Å². The van der Waals surface area contributed by atoms with E-state index in [-0.39, 0.29) is 23.0 Å². The van der Waals surface area contributed by atoms with Crippen molar-refractivity contribution in [2.45, 2.75) is 19.9 Å². The molecule has 2 rings (SSSR count). The molecule has 1 aromatic heterocycles. The van der Waals surface area contributed by atoms with Gasteiger partial charge in [0.25, 0.3) is 5.91 Å². The highest BCUT2D eigenvalue weighted by Gasteiger charge is 2.24. The molecule has 110 valence electrons. The first-order valence-corrected chi connectivity index (χ1v) is 7.12. The standard InChI is InChI=1S/C14H15N3O3S/c1-8-6-7-12(21-8)9(2)16-14(18)10-4-3-5-11(15)13(10)17(19)20/h3-7,9H,15H2,1-2H3,(H,16,18). The molecule has 21 heavy (non-hydrogen) atoms. The molecule has 1 atom stereocenters. The molecule has 1 unspecified atom stereocenters. The maximum absolute atomic E-state index is 12.2. The van der Waals surface area contributed by atoms with Gasteiger partial charge < -0.3 is 11.1 Å². The van der Waals surface area contributed by atoms with Crippen molar-refractivity contribution in [3.05, 3.63) is 55.8 Å². The lowest BCUT2D eigenvalue weighted by atomic mass is 10.1. The van der Waals surface area contributed by atoms with E-state index in [1.165, 1.54) is 18.2 Å². The van der Waals surface area contributed by atoms with Crippen LogP contribution in [0.5, 0.6) is 0 Å². The third kappa shape index (κ3) is 3.19. The summed E-state index contributed by atoms with van der Waals surface area (Å²) >= 11 is 1.57. The largest absolute Gasteiger partial charge is 0.393 e. The lowest BCUT2D eigenvalue weighted by Gasteiger charge is -2.12. The number of nitro groups is 1. The molecule has 0 aliphatic heterocycles. The number of nitrogens with zero attached hydrogens (tertiary/aromatic N) is 1. The number of para-hydroxylation sites is 1. The monoisotopic (exact) mass is 305 g/mol. The van der Waals surface area contributed by atoms with Crippen LogP contribution in [0.1, 0.15) is 33.1 Å². The summed E-state index contributed by atoms with van der Waals surface area (Å²) in [5, 5.41) is 13.8. The van der Waals surface area contributed by atoms with Gasteiger partial charge >= 0.3 is 5.69 Å². The number of hydrogen-bond donors (Lipinski definition) is 2. The van der Waals surface area contributed by atoms with Crippen molar-refractivity contribution in [3.8, 4) is 0 Å². The van der Waals surface area contributed by atoms with E-state index in [4.69, 9.17) is 5.73 Å². The van der Waals surface area contributed by atoms with Gasteiger partial charge in [-0.25, -0.2) is 0 Å². The van der Waals surface area contributed by atoms with Crippen LogP contribution in [-0.4, -0.2) is 10.8 Å². The van der Waals surface area contributed by atoms with Crippen LogP contribution < -0.4 is 11.1 Å². The molecule has 7 heteroatoms. The number of anilines is 1. The highest BCUT2D eigenvalue weighted by molar-refractivity contribution is 7.12. The minimum atomic E-state index is -0.635. The summed E-state index contributed by atoms with van der Waals surface area (Å²) in [6.45, 7) is 3.81. The van der Waals surface area contributed by atoms with E-state index in [0.29, 0.717) is 0 Å². The summed E-state index contributed by atoms with van der Waals surface area (Å²) in [5.41, 5.74) is 5.18. The van der Waals surface area contributed by atoms with Crippen LogP contribution in [0.15, 0.2) is 30.3 Å². The summed E-state index contributed by atoms with van der Waals surface area (Å²) in [6.07, 6.45) is 0. The fourth-order valence-electron chi connectivity index (χ4n) is 1.98. The minimum absolute atomic E-state index is 0.0210. The van der Waals surface area contributed by atoms with Crippen LogP contribution >= 0.6 is 11.3 Å². The molecule has 0 fully saturated rings. The zero-order valence-electron chi connectivity index (χ0n) is 11.6. The second-order valence-electron chi connectivity index (χ2n) is 4.64. The summed E-state index contributed by atoms with van der Waals surface area (Å²) in [4.78, 5) is 24.8. The van der Waals surface area contributed by atoms with Crippen LogP contribution in [-0.2, 0) is 0 Å². The van der Waals surface area contributed by atoms with Crippen LogP contribution in [0.2, 0.25) is 0 Å². The number of rotatable bonds is 4. The van der Waals surface area contributed by atoms with Gasteiger partial charge in [0.05, 0.1) is 11.0 Å². The van der Waals surface area contributed by atoms with Gasteiger partial charge in [-0.3, -0.25) is 14.9 Å². The Labute approximate surface area is 125 Å². The molecular weight excluding hydrogens is 290 g/mol. The van der Waals surface area contributed by atoms with Gasteiger partial charge in [0, 0.05) is 9.75 Å². The molecule has 0 aliphatic carbocycles. The summed E-state index contributed by atoms with van der Waals surface area (Å²) in [6, 6.07) is 8.00. The molecule has 1 aromatic carbocycles. The van der Waals surface area contributed by atoms with Gasteiger partial charge in [-0.15, -0.1) is 11.3 Å². The number of benzene rings is 1. The van der Waals surface area contributed by atoms with E-state index in [9.17, 15) is 14.9 Å². The second-order valence-corrected chi connectivity index (χ2v) is 5.96. The Kier molecular flexibility index (Phi) is 4.23. The Balaban J connectivity index is 2.25. The number of thiophene rings is 1. The van der Waals surface area contributed by atoms with Gasteiger partial charge in [0.2, 0.25) is 0 Å². The molecule has 0 saturated carbocycles. The number of hydrogen-bond acceptors (Lipinski definition) is 5. The van der Waals surface area contributed by atoms with Crippen molar-refractivity contribution in [3.63, 3.8) is 0 Å². The van der Waals surface area contributed by atoms with Gasteiger partial charge in [-0.1, -0.05) is 6.07 Å². The van der Waals surface area contributed by atoms with E-state index < -0.39 is 10.8 Å². The first-order chi connectivity index (χ1) is 9.90. The van der Waals surface area contributed by atoms with Crippen LogP contribution in [0.3, 0.4) is 0 Å². The highest BCUT2D eigenvalue weighted by atomic mass is 32.1. The van der Waals surface area contributed by atoms with Crippen molar-refractivity contribution < 1.29 is 9.72 Å². The molecule has 6 nitrogen and oxygen atoms in total. The van der Waals surface area contributed by atoms with Crippen molar-refractivity contribution >= 4 is 28.6 Å². The van der Waals surface area contributed by atoms with E-state index in [2.05, 4.69) is 5.32 Å². The first kappa shape index (κ1) is 15.0. The molecule has 3 N–H and O–H groups in total. The third-order valence-corrected chi connectivity index (χ3v) is 4.21. The maximum atomic E-state index is 12.2. The smallest absolute Gasteiger partial charge is 0.304 e. The quantitative estimate of drug-likeness (QED) is 0.515. The number of nitrogens with one attached hydrogen (secondary N) is 1. The van der Waals surface area contributed by atoms with Gasteiger partial charge in [-0.05, 0) is 38.1 Å². The van der Waals surface area contributed by atoms with Crippen molar-refractivity contribution in [2.24, 2.45) is 0 Å². The third-order valence-electron chi connectivity index (χ3n) is 3.03. The van der Waals surface area contributed by atoms with E-state index >= 15 is 0 Å². The zero-order chi connectivity index (χ0) is 15.6. The Hall–Kier alpha value is -2.41. The van der Waals surface area contributed by atoms with E-state index in [1.54, 1.807) is 11.3 Å². The van der Waals surface area contributed by atoms with E-state index in [0.717, 1.165) is 9.75 Å². The van der Waals surface area contributed by atoms with Gasteiger partial charge in [0.1, 0.15) is 11.3 Å². The van der Waals surface area contributed by atoms with Crippen LogP contribution in [0.4, 0.5) is 11.4 Å². The lowest BCUT2D eigenvalue weighted by Crippen LogP contribution is -2.27. The average Bonchev–Trinajstić information content (AvgIpc) is 2.84. The number of nitrogen functional groups attached to an aromatic ring is 1. The summed E-state index contributed by atoms with van der Waals surface area (Å²) < 4.78 is 0. The number of aryl methyl sites for hydroxylation is 1. The van der Waals surface area contributed by atoms with E-state index in [1.807, 2.05) is 26.0 Å². The van der Waals surface area contributed by atoms with Gasteiger partial charge in [-0.2, -0.15) is 0 Å². The number of amides is 1. The molecule has 0 aliphatic rings. The predicted molar refractivity (Wildman–Crippen MR) is 82.4 cm³/mol. The summed E-state index contributed by atoms with van der Waals surface area (Å²) in [5.74, 6) is -0.507. The number of nitrogens with two attached hydrogens (primary N) is 1. The normalized spacial score (nSPS) is 11.9. The average molecular weight is 305 g/mol. The SMILES string of the molecule is Cc1ccc(C(C)NC(=O)c2cccc(N)c2[N+](=O)[O-])s1. The number of nitro benzene ring substituents is 1. The Morgan fingerprint density at radius 2 is 2.10 bits per heavy atom. The number of carbonyl (C=O) groups excluding carboxylic acids is 1. The molecule has 1 amide bonds. The zero-order valence-corrected chi connectivity index (χ0v) is 12.4. The van der Waals surface area contributed by atoms with Crippen molar-refractivity contribution in [1.82, 2.24) is 5.32 Å². The fraction of sp³-hybridized carbons (Fsp3) is 0.214. The van der Waals surface area contributed by atoms with Crippen LogP contribution in [0.25, 0.3) is 0 Å². The Morgan fingerprint density at radius 1 is 1.38 bits per heavy atom. The number of carbonyl (C=O) groups is 1. The second kappa shape index (κ2) is 5.92. The predicted octanol–water partition coefficient (Wildman–Crippen LogP) is 3.04. The first-order valence-electron chi connectivity index (χ1n) is 6.30. The van der Waals surface area contributed by atoms with Crippen molar-refractivity contribution in [2.75, 3.05) is 5.73 Å². The van der Waals surface area contributed by atoms with Gasteiger partial charge in [0.15, 0.2) is 0 Å². The van der Waals surface area contributed by atoms with Crippen molar-refractivity contribution in [1.29, 1.82) is 0 Å². The molecule has 0 radical (unpaired) electrons. The molecule has 1 heterocycles. The molecule has 0 bridgehead atoms. The minimum Gasteiger partial charge on any atom is -0.393 e. The maximum Gasteiger partial charge on any atom is 0.304 e. The molecular formula is C14H15N3O3S. The summed E-state index contributed by atoms with van der Waals surface area (Å²) in [7, 11) is 0. The highest BCUT2D eigenvalue weighted by Crippen LogP contribution is 2.27. The molecule has 2 aromatic rings. The Bertz CT molecular complexity index is 697. The fourth-order valence-corrected chi connectivity index (χ4v) is 2.86. The topological polar surface area (TPSA) is 98.3 Å². The molecule has 0 spiro atoms. The lowest BCUT2D eigenvalue weighted by molar-refractivity contribution is -0.384. The Morgan fingerprint density at radius 3 is 2.67 bits per heavy atom.